The van der Waals surface area contributed by atoms with Crippen LogP contribution in [0, 0.1) is 11.7 Å². The van der Waals surface area contributed by atoms with Gasteiger partial charge in [-0.25, -0.2) is 9.18 Å². The normalized spacial score (nSPS) is 26.0. The van der Waals surface area contributed by atoms with Gasteiger partial charge in [-0.3, -0.25) is 0 Å². The van der Waals surface area contributed by atoms with Gasteiger partial charge in [0.15, 0.2) is 5.79 Å². The Morgan fingerprint density at radius 3 is 2.79 bits per heavy atom. The van der Waals surface area contributed by atoms with Crippen molar-refractivity contribution in [2.75, 3.05) is 19.8 Å². The van der Waals surface area contributed by atoms with Crippen molar-refractivity contribution >= 4 is 6.03 Å². The number of carbonyl (C=O) groups is 1. The Bertz CT molecular complexity index is 589. The molecule has 24 heavy (non-hydrogen) atoms. The minimum atomic E-state index is -0.538. The summed E-state index contributed by atoms with van der Waals surface area (Å²) in [7, 11) is 0. The molecule has 1 aliphatic heterocycles. The minimum Gasteiger partial charge on any atom is -0.348 e. The molecule has 3 atom stereocenters. The van der Waals surface area contributed by atoms with Gasteiger partial charge in [-0.05, 0) is 30.9 Å². The lowest BCUT2D eigenvalue weighted by Crippen LogP contribution is -2.40. The first-order chi connectivity index (χ1) is 11.5. The Morgan fingerprint density at radius 2 is 2.08 bits per heavy atom. The number of carbonyl (C=O) groups excluding carboxylic acids is 1. The molecule has 132 valence electrons. The van der Waals surface area contributed by atoms with Crippen LogP contribution in [-0.2, 0) is 9.47 Å². The molecular formula is C18H25FN2O3. The predicted molar refractivity (Wildman–Crippen MR) is 88.2 cm³/mol. The number of urea groups is 1. The molecule has 1 saturated heterocycles. The highest BCUT2D eigenvalue weighted by Gasteiger charge is 2.41. The van der Waals surface area contributed by atoms with Crippen LogP contribution in [0.2, 0.25) is 0 Å². The maximum Gasteiger partial charge on any atom is 0.315 e. The molecule has 1 saturated carbocycles. The van der Waals surface area contributed by atoms with Crippen LogP contribution in [0.3, 0.4) is 0 Å². The average Bonchev–Trinajstić information content (AvgIpc) is 3.16. The Hall–Kier alpha value is -1.66. The van der Waals surface area contributed by atoms with E-state index in [2.05, 4.69) is 17.6 Å². The second-order valence-corrected chi connectivity index (χ2v) is 6.96. The van der Waals surface area contributed by atoms with Gasteiger partial charge in [-0.1, -0.05) is 25.1 Å². The molecule has 2 fully saturated rings. The fraction of sp³-hybridized carbons (Fsp3) is 0.611. The third-order valence-electron chi connectivity index (χ3n) is 4.64. The molecule has 1 aliphatic carbocycles. The molecule has 0 bridgehead atoms. The Kier molecular flexibility index (Phi) is 5.06. The van der Waals surface area contributed by atoms with Crippen molar-refractivity contribution in [1.29, 1.82) is 0 Å². The fourth-order valence-corrected chi connectivity index (χ4v) is 3.34. The van der Waals surface area contributed by atoms with Gasteiger partial charge in [-0.2, -0.15) is 0 Å². The monoisotopic (exact) mass is 336 g/mol. The fourth-order valence-electron chi connectivity index (χ4n) is 3.34. The first-order valence-electron chi connectivity index (χ1n) is 8.53. The minimum absolute atomic E-state index is 0.0104. The van der Waals surface area contributed by atoms with E-state index in [1.54, 1.807) is 12.1 Å². The highest BCUT2D eigenvalue weighted by atomic mass is 19.1. The lowest BCUT2D eigenvalue weighted by Gasteiger charge is -2.26. The molecule has 0 unspecified atom stereocenters. The molecule has 6 heteroatoms. The summed E-state index contributed by atoms with van der Waals surface area (Å²) in [5, 5.41) is 5.79. The molecule has 0 spiro atoms. The number of hydrogen-bond acceptors (Lipinski definition) is 3. The molecular weight excluding hydrogens is 311 g/mol. The standard InChI is InChI=1S/C18H25FN2O3/c1-12(10-18(2)23-7-8-24-18)11-20-17(22)21-16-9-14(16)13-5-3-4-6-15(13)19/h3-6,12,14,16H,7-11H2,1-2H3,(H2,20,21,22)/t12-,14-,16-/m0/s1. The van der Waals surface area contributed by atoms with E-state index in [4.69, 9.17) is 9.47 Å². The Morgan fingerprint density at radius 1 is 1.38 bits per heavy atom. The van der Waals surface area contributed by atoms with E-state index in [1.807, 2.05) is 13.0 Å². The number of halogens is 1. The smallest absolute Gasteiger partial charge is 0.315 e. The molecule has 0 aromatic heterocycles. The van der Waals surface area contributed by atoms with Crippen molar-refractivity contribution < 1.29 is 18.7 Å². The third-order valence-corrected chi connectivity index (χ3v) is 4.64. The Balaban J connectivity index is 1.38. The Labute approximate surface area is 141 Å². The van der Waals surface area contributed by atoms with Crippen molar-refractivity contribution in [1.82, 2.24) is 10.6 Å². The number of amides is 2. The lowest BCUT2D eigenvalue weighted by molar-refractivity contribution is -0.153. The van der Waals surface area contributed by atoms with Crippen LogP contribution in [0.1, 0.15) is 38.2 Å². The topological polar surface area (TPSA) is 59.6 Å². The van der Waals surface area contributed by atoms with Gasteiger partial charge in [0.2, 0.25) is 0 Å². The summed E-state index contributed by atoms with van der Waals surface area (Å²) in [6.07, 6.45) is 1.51. The first-order valence-corrected chi connectivity index (χ1v) is 8.53. The summed E-state index contributed by atoms with van der Waals surface area (Å²) in [5.41, 5.74) is 0.680. The van der Waals surface area contributed by atoms with E-state index < -0.39 is 5.79 Å². The quantitative estimate of drug-likeness (QED) is 0.840. The molecule has 5 nitrogen and oxygen atoms in total. The average molecular weight is 336 g/mol. The maximum absolute atomic E-state index is 13.7. The third kappa shape index (κ3) is 4.24. The predicted octanol–water partition coefficient (Wildman–Crippen LogP) is 2.77. The number of rotatable bonds is 6. The maximum atomic E-state index is 13.7. The number of hydrogen-bond donors (Lipinski definition) is 2. The first kappa shape index (κ1) is 17.2. The number of ether oxygens (including phenoxy) is 2. The van der Waals surface area contributed by atoms with Crippen LogP contribution in [-0.4, -0.2) is 37.6 Å². The summed E-state index contributed by atoms with van der Waals surface area (Å²) in [6.45, 7) is 5.77. The largest absolute Gasteiger partial charge is 0.348 e. The van der Waals surface area contributed by atoms with E-state index in [0.29, 0.717) is 25.3 Å². The second kappa shape index (κ2) is 7.07. The highest BCUT2D eigenvalue weighted by molar-refractivity contribution is 5.74. The number of benzene rings is 1. The highest BCUT2D eigenvalue weighted by Crippen LogP contribution is 2.41. The van der Waals surface area contributed by atoms with Crippen molar-refractivity contribution in [3.8, 4) is 0 Å². The zero-order chi connectivity index (χ0) is 17.2. The van der Waals surface area contributed by atoms with Gasteiger partial charge in [0.1, 0.15) is 5.82 Å². The van der Waals surface area contributed by atoms with Crippen LogP contribution >= 0.6 is 0 Å². The van der Waals surface area contributed by atoms with Gasteiger partial charge >= 0.3 is 6.03 Å². The SMILES string of the molecule is C[C@H](CNC(=O)N[C@H]1C[C@H]1c1ccccc1F)CC1(C)OCCO1. The molecule has 2 N–H and O–H groups in total. The van der Waals surface area contributed by atoms with E-state index >= 15 is 0 Å². The van der Waals surface area contributed by atoms with Crippen LogP contribution in [0.15, 0.2) is 24.3 Å². The van der Waals surface area contributed by atoms with E-state index in [1.165, 1.54) is 6.07 Å². The van der Waals surface area contributed by atoms with Crippen LogP contribution in [0.5, 0.6) is 0 Å². The molecule has 2 aliphatic rings. The molecule has 3 rings (SSSR count). The van der Waals surface area contributed by atoms with Crippen molar-refractivity contribution in [3.05, 3.63) is 35.6 Å². The zero-order valence-corrected chi connectivity index (χ0v) is 14.2. The van der Waals surface area contributed by atoms with Gasteiger partial charge < -0.3 is 20.1 Å². The molecule has 2 amide bonds. The van der Waals surface area contributed by atoms with Crippen molar-refractivity contribution in [3.63, 3.8) is 0 Å². The summed E-state index contributed by atoms with van der Waals surface area (Å²) < 4.78 is 24.9. The summed E-state index contributed by atoms with van der Waals surface area (Å²) in [6, 6.07) is 6.55. The van der Waals surface area contributed by atoms with Crippen LogP contribution in [0.4, 0.5) is 9.18 Å². The van der Waals surface area contributed by atoms with Gasteiger partial charge in [0.25, 0.3) is 0 Å². The van der Waals surface area contributed by atoms with Crippen molar-refractivity contribution in [2.45, 2.75) is 44.4 Å². The van der Waals surface area contributed by atoms with E-state index in [0.717, 1.165) is 12.8 Å². The molecule has 1 aromatic rings. The van der Waals surface area contributed by atoms with Gasteiger partial charge in [-0.15, -0.1) is 0 Å². The van der Waals surface area contributed by atoms with Gasteiger partial charge in [0, 0.05) is 24.9 Å². The zero-order valence-electron chi connectivity index (χ0n) is 14.2. The number of nitrogens with one attached hydrogen (secondary N) is 2. The molecule has 1 aromatic carbocycles. The summed E-state index contributed by atoms with van der Waals surface area (Å²) >= 11 is 0. The molecule has 1 heterocycles. The van der Waals surface area contributed by atoms with Crippen LogP contribution in [0.25, 0.3) is 0 Å². The van der Waals surface area contributed by atoms with Gasteiger partial charge in [0.05, 0.1) is 13.2 Å². The summed E-state index contributed by atoms with van der Waals surface area (Å²) in [4.78, 5) is 12.0. The second-order valence-electron chi connectivity index (χ2n) is 6.96. The van der Waals surface area contributed by atoms with Crippen molar-refractivity contribution in [2.24, 2.45) is 5.92 Å². The van der Waals surface area contributed by atoms with E-state index in [9.17, 15) is 9.18 Å². The van der Waals surface area contributed by atoms with E-state index in [-0.39, 0.29) is 29.7 Å². The molecule has 0 radical (unpaired) electrons. The lowest BCUT2D eigenvalue weighted by atomic mass is 10.0. The summed E-state index contributed by atoms with van der Waals surface area (Å²) in [5.74, 6) is -0.427. The van der Waals surface area contributed by atoms with Crippen LogP contribution < -0.4 is 10.6 Å².